The molecule has 5 atom stereocenters. The molecule has 1 fully saturated rings. The first-order chi connectivity index (χ1) is 11.8. The molecule has 2 rings (SSSR count). The Bertz CT molecular complexity index is 592. The Kier molecular flexibility index (Phi) is 6.21. The standard InChI is InChI=1S/C22H42N2Si2/c1-16-17(2)21(26(9,10)24-22(4,5)6)18(3)20(16)25(7,8)23-19-14-12-11-13-15-19/h11-18,20-21,23-24H,1-10H3. The van der Waals surface area contributed by atoms with E-state index in [-0.39, 0.29) is 5.54 Å². The van der Waals surface area contributed by atoms with Gasteiger partial charge in [-0.15, -0.1) is 0 Å². The number of para-hydroxylation sites is 1. The second kappa shape index (κ2) is 7.44. The zero-order chi connectivity index (χ0) is 19.9. The van der Waals surface area contributed by atoms with Crippen LogP contribution < -0.4 is 9.96 Å². The summed E-state index contributed by atoms with van der Waals surface area (Å²) in [5, 5.41) is 0. The van der Waals surface area contributed by atoms with E-state index in [1.165, 1.54) is 5.69 Å². The Balaban J connectivity index is 2.28. The maximum atomic E-state index is 4.07. The van der Waals surface area contributed by atoms with Crippen LogP contribution in [0.1, 0.15) is 41.5 Å². The van der Waals surface area contributed by atoms with Crippen molar-refractivity contribution in [3.8, 4) is 0 Å². The summed E-state index contributed by atoms with van der Waals surface area (Å²) >= 11 is 0. The Labute approximate surface area is 164 Å². The fourth-order valence-electron chi connectivity index (χ4n) is 6.49. The van der Waals surface area contributed by atoms with Crippen molar-refractivity contribution in [1.82, 2.24) is 4.98 Å². The molecule has 1 aliphatic rings. The van der Waals surface area contributed by atoms with Gasteiger partial charge in [0.2, 0.25) is 0 Å². The van der Waals surface area contributed by atoms with Crippen LogP contribution in [-0.2, 0) is 0 Å². The Morgan fingerprint density at radius 1 is 0.731 bits per heavy atom. The van der Waals surface area contributed by atoms with Gasteiger partial charge in [-0.25, -0.2) is 0 Å². The molecule has 2 N–H and O–H groups in total. The molecule has 0 saturated heterocycles. The first-order valence-corrected chi connectivity index (χ1v) is 16.5. The minimum Gasteiger partial charge on any atom is -0.410 e. The van der Waals surface area contributed by atoms with Crippen molar-refractivity contribution in [1.29, 1.82) is 0 Å². The van der Waals surface area contributed by atoms with E-state index in [9.17, 15) is 0 Å². The minimum atomic E-state index is -1.61. The van der Waals surface area contributed by atoms with Gasteiger partial charge in [0.1, 0.15) is 8.24 Å². The van der Waals surface area contributed by atoms with Crippen LogP contribution in [0.4, 0.5) is 5.69 Å². The largest absolute Gasteiger partial charge is 0.410 e. The van der Waals surface area contributed by atoms with Crippen LogP contribution in [0.2, 0.25) is 37.3 Å². The predicted molar refractivity (Wildman–Crippen MR) is 123 cm³/mol. The van der Waals surface area contributed by atoms with Crippen LogP contribution in [0, 0.1) is 17.8 Å². The smallest absolute Gasteiger partial charge is 0.151 e. The topological polar surface area (TPSA) is 24.1 Å². The van der Waals surface area contributed by atoms with Crippen LogP contribution in [0.5, 0.6) is 0 Å². The Morgan fingerprint density at radius 2 is 1.19 bits per heavy atom. The highest BCUT2D eigenvalue weighted by Crippen LogP contribution is 2.59. The third-order valence-electron chi connectivity index (χ3n) is 6.70. The molecular formula is C22H42N2Si2. The summed E-state index contributed by atoms with van der Waals surface area (Å²) in [6.07, 6.45) is 0. The molecule has 1 aromatic carbocycles. The summed E-state index contributed by atoms with van der Waals surface area (Å²) in [5.74, 6) is 2.34. The lowest BCUT2D eigenvalue weighted by Crippen LogP contribution is -2.58. The number of benzene rings is 1. The van der Waals surface area contributed by atoms with Gasteiger partial charge in [0.15, 0.2) is 8.24 Å². The number of nitrogens with one attached hydrogen (secondary N) is 2. The number of hydrogen-bond donors (Lipinski definition) is 2. The van der Waals surface area contributed by atoms with Crippen LogP contribution >= 0.6 is 0 Å². The quantitative estimate of drug-likeness (QED) is 0.556. The lowest BCUT2D eigenvalue weighted by molar-refractivity contribution is 0.434. The highest BCUT2D eigenvalue weighted by molar-refractivity contribution is 6.82. The second-order valence-electron chi connectivity index (χ2n) is 10.9. The summed E-state index contributed by atoms with van der Waals surface area (Å²) in [7, 11) is -3.16. The van der Waals surface area contributed by atoms with E-state index in [0.717, 1.165) is 28.8 Å². The minimum absolute atomic E-state index is 0.200. The van der Waals surface area contributed by atoms with Crippen molar-refractivity contribution >= 4 is 22.2 Å². The average molecular weight is 391 g/mol. The molecule has 0 aromatic heterocycles. The SMILES string of the molecule is CC1C(C)C([Si](C)(C)NC(C)(C)C)C(C)C1[Si](C)(C)Nc1ccccc1. The van der Waals surface area contributed by atoms with Gasteiger partial charge in [-0.1, -0.05) is 65.2 Å². The number of hydrogen-bond acceptors (Lipinski definition) is 2. The summed E-state index contributed by atoms with van der Waals surface area (Å²) < 4.78 is 0. The highest BCUT2D eigenvalue weighted by Gasteiger charge is 2.56. The molecule has 5 unspecified atom stereocenters. The van der Waals surface area contributed by atoms with Gasteiger partial charge in [-0.3, -0.25) is 0 Å². The molecule has 0 aliphatic heterocycles. The van der Waals surface area contributed by atoms with Crippen molar-refractivity contribution in [3.05, 3.63) is 30.3 Å². The number of anilines is 1. The Hall–Kier alpha value is -0.586. The molecule has 1 aliphatic carbocycles. The molecule has 1 aromatic rings. The van der Waals surface area contributed by atoms with Gasteiger partial charge in [-0.2, -0.15) is 0 Å². The molecule has 26 heavy (non-hydrogen) atoms. The molecule has 148 valence electrons. The maximum absolute atomic E-state index is 4.07. The molecule has 0 radical (unpaired) electrons. The monoisotopic (exact) mass is 390 g/mol. The second-order valence-corrected chi connectivity index (χ2v) is 19.7. The first kappa shape index (κ1) is 21.7. The molecule has 0 spiro atoms. The fourth-order valence-corrected chi connectivity index (χ4v) is 16.1. The third kappa shape index (κ3) is 4.63. The van der Waals surface area contributed by atoms with Crippen molar-refractivity contribution in [2.75, 3.05) is 4.98 Å². The maximum Gasteiger partial charge on any atom is 0.151 e. The molecule has 0 amide bonds. The van der Waals surface area contributed by atoms with E-state index < -0.39 is 16.5 Å². The van der Waals surface area contributed by atoms with Crippen LogP contribution in [0.15, 0.2) is 30.3 Å². The molecular weight excluding hydrogens is 348 g/mol. The van der Waals surface area contributed by atoms with Gasteiger partial charge >= 0.3 is 0 Å². The van der Waals surface area contributed by atoms with Crippen molar-refractivity contribution in [2.45, 2.75) is 84.4 Å². The number of rotatable bonds is 5. The van der Waals surface area contributed by atoms with Gasteiger partial charge in [0.05, 0.1) is 0 Å². The van der Waals surface area contributed by atoms with E-state index >= 15 is 0 Å². The van der Waals surface area contributed by atoms with Gasteiger partial charge in [-0.05, 0) is 61.7 Å². The van der Waals surface area contributed by atoms with Gasteiger partial charge < -0.3 is 9.96 Å². The molecule has 0 bridgehead atoms. The van der Waals surface area contributed by atoms with Gasteiger partial charge in [0, 0.05) is 11.2 Å². The lowest BCUT2D eigenvalue weighted by atomic mass is 10.0. The van der Waals surface area contributed by atoms with Crippen molar-refractivity contribution < 1.29 is 0 Å². The van der Waals surface area contributed by atoms with E-state index in [4.69, 9.17) is 0 Å². The summed E-state index contributed by atoms with van der Waals surface area (Å²) in [5.41, 5.74) is 3.12. The molecule has 2 nitrogen and oxygen atoms in total. The van der Waals surface area contributed by atoms with Crippen LogP contribution in [0.3, 0.4) is 0 Å². The normalized spacial score (nSPS) is 30.5. The molecule has 0 heterocycles. The van der Waals surface area contributed by atoms with E-state index in [1.807, 2.05) is 0 Å². The zero-order valence-corrected chi connectivity index (χ0v) is 20.8. The van der Waals surface area contributed by atoms with Crippen molar-refractivity contribution in [2.24, 2.45) is 17.8 Å². The predicted octanol–water partition coefficient (Wildman–Crippen LogP) is 6.56. The Morgan fingerprint density at radius 3 is 1.65 bits per heavy atom. The van der Waals surface area contributed by atoms with Crippen molar-refractivity contribution in [3.63, 3.8) is 0 Å². The first-order valence-electron chi connectivity index (χ1n) is 10.4. The zero-order valence-electron chi connectivity index (χ0n) is 18.8. The average Bonchev–Trinajstić information content (AvgIpc) is 2.67. The molecule has 4 heteroatoms. The summed E-state index contributed by atoms with van der Waals surface area (Å²) in [6.45, 7) is 24.8. The van der Waals surface area contributed by atoms with E-state index in [1.54, 1.807) is 0 Å². The summed E-state index contributed by atoms with van der Waals surface area (Å²) in [6, 6.07) is 10.8. The summed E-state index contributed by atoms with van der Waals surface area (Å²) in [4.78, 5) is 8.07. The van der Waals surface area contributed by atoms with Crippen LogP contribution in [-0.4, -0.2) is 22.0 Å². The van der Waals surface area contributed by atoms with E-state index in [2.05, 4.69) is 108 Å². The highest BCUT2D eigenvalue weighted by atomic mass is 28.3. The molecule has 1 saturated carbocycles. The lowest BCUT2D eigenvalue weighted by Gasteiger charge is -2.43. The van der Waals surface area contributed by atoms with Gasteiger partial charge in [0.25, 0.3) is 0 Å². The van der Waals surface area contributed by atoms with Crippen LogP contribution in [0.25, 0.3) is 0 Å². The third-order valence-corrected chi connectivity index (χ3v) is 14.5. The fraction of sp³-hybridized carbons (Fsp3) is 0.727. The van der Waals surface area contributed by atoms with E-state index in [0.29, 0.717) is 0 Å².